The molecule has 0 bridgehead atoms. The van der Waals surface area contributed by atoms with Crippen LogP contribution in [0.15, 0.2) is 79.3 Å². The average Bonchev–Trinajstić information content (AvgIpc) is 2.90. The third kappa shape index (κ3) is 21.4. The van der Waals surface area contributed by atoms with Crippen LogP contribution in [0.5, 0.6) is 0 Å². The topological polar surface area (TPSA) is 25.8 Å². The van der Waals surface area contributed by atoms with Crippen LogP contribution in [0.2, 0.25) is 0 Å². The zero-order chi connectivity index (χ0) is 26.1. The van der Waals surface area contributed by atoms with Crippen molar-refractivity contribution in [3.8, 4) is 0 Å². The first-order valence-corrected chi connectivity index (χ1v) is 12.8. The molecule has 3 rings (SSSR count). The van der Waals surface area contributed by atoms with Gasteiger partial charge in [-0.3, -0.25) is 9.97 Å². The molecular formula is C32H56N2. The van der Waals surface area contributed by atoms with E-state index < -0.39 is 0 Å². The lowest BCUT2D eigenvalue weighted by atomic mass is 10.0. The maximum atomic E-state index is 4.18. The van der Waals surface area contributed by atoms with E-state index in [1.807, 2.05) is 96.5 Å². The van der Waals surface area contributed by atoms with Crippen LogP contribution in [0, 0.1) is 0 Å². The fraction of sp³-hybridized carbons (Fsp3) is 0.500. The molecule has 2 heterocycles. The number of benzene rings is 1. The average molecular weight is 469 g/mol. The van der Waals surface area contributed by atoms with Gasteiger partial charge in [0.2, 0.25) is 0 Å². The van der Waals surface area contributed by atoms with Gasteiger partial charge < -0.3 is 0 Å². The molecule has 1 aromatic carbocycles. The fourth-order valence-electron chi connectivity index (χ4n) is 2.30. The van der Waals surface area contributed by atoms with Gasteiger partial charge in [-0.1, -0.05) is 127 Å². The number of hydrogen-bond acceptors (Lipinski definition) is 2. The number of hydrogen-bond donors (Lipinski definition) is 0. The van der Waals surface area contributed by atoms with Crippen LogP contribution in [0.1, 0.15) is 125 Å². The minimum Gasteiger partial charge on any atom is -0.265 e. The monoisotopic (exact) mass is 468 g/mol. The molecule has 0 N–H and O–H groups in total. The lowest BCUT2D eigenvalue weighted by molar-refractivity contribution is 0.823. The zero-order valence-corrected chi connectivity index (χ0v) is 23.6. The van der Waals surface area contributed by atoms with Gasteiger partial charge in [0.1, 0.15) is 0 Å². The molecule has 0 amide bonds. The molecule has 0 saturated heterocycles. The highest BCUT2D eigenvalue weighted by Crippen LogP contribution is 2.12. The second-order valence-corrected chi connectivity index (χ2v) is 7.41. The van der Waals surface area contributed by atoms with Gasteiger partial charge in [-0.25, -0.2) is 0 Å². The lowest BCUT2D eigenvalue weighted by Gasteiger charge is -2.01. The maximum Gasteiger partial charge on any atom is 0.0428 e. The van der Waals surface area contributed by atoms with Crippen LogP contribution in [-0.4, -0.2) is 9.97 Å². The van der Waals surface area contributed by atoms with Gasteiger partial charge in [0.25, 0.3) is 0 Å². The van der Waals surface area contributed by atoms with E-state index in [0.717, 1.165) is 5.69 Å². The highest BCUT2D eigenvalue weighted by atomic mass is 14.7. The van der Waals surface area contributed by atoms with Crippen molar-refractivity contribution in [2.24, 2.45) is 0 Å². The van der Waals surface area contributed by atoms with Crippen LogP contribution in [-0.2, 0) is 0 Å². The van der Waals surface area contributed by atoms with E-state index >= 15 is 0 Å². The van der Waals surface area contributed by atoms with E-state index in [1.165, 1.54) is 11.1 Å². The Morgan fingerprint density at radius 3 is 1.15 bits per heavy atom. The van der Waals surface area contributed by atoms with E-state index in [0.29, 0.717) is 17.8 Å². The van der Waals surface area contributed by atoms with Gasteiger partial charge in [0.05, 0.1) is 0 Å². The second kappa shape index (κ2) is 28.6. The van der Waals surface area contributed by atoms with Crippen LogP contribution in [0.3, 0.4) is 0 Å². The second-order valence-electron chi connectivity index (χ2n) is 7.41. The van der Waals surface area contributed by atoms with Crippen molar-refractivity contribution in [1.29, 1.82) is 0 Å². The molecule has 0 radical (unpaired) electrons. The van der Waals surface area contributed by atoms with Crippen molar-refractivity contribution in [3.05, 3.63) is 96.1 Å². The quantitative estimate of drug-likeness (QED) is 0.382. The smallest absolute Gasteiger partial charge is 0.0428 e. The molecule has 34 heavy (non-hydrogen) atoms. The van der Waals surface area contributed by atoms with Gasteiger partial charge >= 0.3 is 0 Å². The van der Waals surface area contributed by atoms with Gasteiger partial charge in [-0.15, -0.1) is 0 Å². The normalized spacial score (nSPS) is 8.56. The lowest BCUT2D eigenvalue weighted by Crippen LogP contribution is -1.88. The predicted octanol–water partition coefficient (Wildman–Crippen LogP) is 10.9. The zero-order valence-electron chi connectivity index (χ0n) is 23.6. The van der Waals surface area contributed by atoms with E-state index in [-0.39, 0.29) is 7.43 Å². The van der Waals surface area contributed by atoms with Crippen molar-refractivity contribution in [3.63, 3.8) is 0 Å². The Morgan fingerprint density at radius 2 is 0.882 bits per heavy atom. The molecule has 194 valence electrons. The summed E-state index contributed by atoms with van der Waals surface area (Å²) >= 11 is 0. The molecule has 0 atom stereocenters. The molecule has 2 aromatic heterocycles. The summed E-state index contributed by atoms with van der Waals surface area (Å²) in [6.07, 6.45) is 5.49. The Kier molecular flexibility index (Phi) is 32.6. The summed E-state index contributed by atoms with van der Waals surface area (Å²) in [5, 5.41) is 0. The van der Waals surface area contributed by atoms with E-state index in [4.69, 9.17) is 0 Å². The summed E-state index contributed by atoms with van der Waals surface area (Å²) in [6, 6.07) is 20.6. The van der Waals surface area contributed by atoms with Crippen molar-refractivity contribution in [2.45, 2.75) is 108 Å². The first-order chi connectivity index (χ1) is 15.9. The Bertz CT molecular complexity index is 602. The summed E-state index contributed by atoms with van der Waals surface area (Å²) in [7, 11) is 0. The standard InChI is InChI=1S/C9H12.2C8H11N.3C2H6.CH4/c1-8(2)9-6-4-3-5-7-9;1-7(2)8-3-5-9-6-4-8;1-7(2)8-5-3-4-6-9-8;3*1-2;/h3-8H,1-2H3;2*3-7H,1-2H3;3*1-2H3;1H4. The summed E-state index contributed by atoms with van der Waals surface area (Å²) in [6.45, 7) is 25.0. The molecule has 0 aliphatic heterocycles. The molecular weight excluding hydrogens is 412 g/mol. The molecule has 2 heteroatoms. The van der Waals surface area contributed by atoms with Crippen molar-refractivity contribution < 1.29 is 0 Å². The highest BCUT2D eigenvalue weighted by Gasteiger charge is 1.96. The van der Waals surface area contributed by atoms with Crippen LogP contribution in [0.25, 0.3) is 0 Å². The summed E-state index contributed by atoms with van der Waals surface area (Å²) < 4.78 is 0. The van der Waals surface area contributed by atoms with Gasteiger partial charge in [0.15, 0.2) is 0 Å². The van der Waals surface area contributed by atoms with Gasteiger partial charge in [-0.2, -0.15) is 0 Å². The molecule has 0 saturated carbocycles. The molecule has 3 aromatic rings. The number of rotatable bonds is 3. The maximum absolute atomic E-state index is 4.18. The number of aromatic nitrogens is 2. The first-order valence-electron chi connectivity index (χ1n) is 12.8. The highest BCUT2D eigenvalue weighted by molar-refractivity contribution is 5.17. The summed E-state index contributed by atoms with van der Waals surface area (Å²) in [5.74, 6) is 1.82. The number of pyridine rings is 2. The third-order valence-electron chi connectivity index (χ3n) is 4.12. The largest absolute Gasteiger partial charge is 0.265 e. The number of nitrogens with zero attached hydrogens (tertiary/aromatic N) is 2. The Morgan fingerprint density at radius 1 is 0.471 bits per heavy atom. The Balaban J connectivity index is -0.000000176. The molecule has 0 unspecified atom stereocenters. The Labute approximate surface area is 214 Å². The van der Waals surface area contributed by atoms with E-state index in [1.54, 1.807) is 0 Å². The molecule has 0 fully saturated rings. The third-order valence-corrected chi connectivity index (χ3v) is 4.12. The molecule has 2 nitrogen and oxygen atoms in total. The SMILES string of the molecule is C.CC.CC.CC.CC(C)c1ccccc1.CC(C)c1ccccn1.CC(C)c1ccncc1. The summed E-state index contributed by atoms with van der Waals surface area (Å²) in [5.41, 5.74) is 3.93. The molecule has 0 aliphatic rings. The van der Waals surface area contributed by atoms with Crippen LogP contribution in [0.4, 0.5) is 0 Å². The van der Waals surface area contributed by atoms with Crippen molar-refractivity contribution in [2.75, 3.05) is 0 Å². The molecule has 0 aliphatic carbocycles. The minimum absolute atomic E-state index is 0. The first kappa shape index (κ1) is 38.8. The van der Waals surface area contributed by atoms with E-state index in [2.05, 4.69) is 75.8 Å². The van der Waals surface area contributed by atoms with Crippen molar-refractivity contribution in [1.82, 2.24) is 9.97 Å². The van der Waals surface area contributed by atoms with Gasteiger partial charge in [0, 0.05) is 24.3 Å². The molecule has 0 spiro atoms. The fourth-order valence-corrected chi connectivity index (χ4v) is 2.30. The minimum atomic E-state index is 0. The van der Waals surface area contributed by atoms with Gasteiger partial charge in [-0.05, 0) is 53.1 Å². The summed E-state index contributed by atoms with van der Waals surface area (Å²) in [4.78, 5) is 8.11. The van der Waals surface area contributed by atoms with Crippen molar-refractivity contribution >= 4 is 0 Å². The van der Waals surface area contributed by atoms with Crippen LogP contribution < -0.4 is 0 Å². The Hall–Kier alpha value is -2.48. The predicted molar refractivity (Wildman–Crippen MR) is 158 cm³/mol. The van der Waals surface area contributed by atoms with E-state index in [9.17, 15) is 0 Å². The van der Waals surface area contributed by atoms with Crippen LogP contribution >= 0.6 is 0 Å².